The first kappa shape index (κ1) is 19.6. The molecule has 3 aromatic carbocycles. The van der Waals surface area contributed by atoms with E-state index in [1.807, 2.05) is 42.5 Å². The maximum absolute atomic E-state index is 12.5. The van der Waals surface area contributed by atoms with Gasteiger partial charge < -0.3 is 20.5 Å². The summed E-state index contributed by atoms with van der Waals surface area (Å²) in [4.78, 5) is 23.6. The molecule has 3 rings (SSSR count). The van der Waals surface area contributed by atoms with E-state index in [-0.39, 0.29) is 24.3 Å². The zero-order chi connectivity index (χ0) is 20.1. The number of aromatic carboxylic acids is 1. The number of carbonyl (C=O) groups excluding carboxylic acids is 1. The van der Waals surface area contributed by atoms with Crippen molar-refractivity contribution in [3.63, 3.8) is 0 Å². The van der Waals surface area contributed by atoms with Crippen LogP contribution in [0.2, 0.25) is 0 Å². The van der Waals surface area contributed by atoms with Crippen LogP contribution in [0.4, 0.5) is 0 Å². The molecule has 0 aromatic heterocycles. The summed E-state index contributed by atoms with van der Waals surface area (Å²) in [7, 11) is -1.77. The summed E-state index contributed by atoms with van der Waals surface area (Å²) in [6.45, 7) is 0. The molecule has 0 fully saturated rings. The van der Waals surface area contributed by atoms with Crippen molar-refractivity contribution < 1.29 is 24.7 Å². The molecule has 6 nitrogen and oxygen atoms in total. The SMILES string of the molecule is O=C(Cc1cccc2ccccc12)NC(Cc1cccc(C(=O)O)c1)B(O)O. The van der Waals surface area contributed by atoms with Crippen LogP contribution in [0.15, 0.2) is 66.7 Å². The van der Waals surface area contributed by atoms with Gasteiger partial charge >= 0.3 is 13.1 Å². The molecule has 142 valence electrons. The number of benzene rings is 3. The van der Waals surface area contributed by atoms with Crippen LogP contribution in [0.1, 0.15) is 21.5 Å². The van der Waals surface area contributed by atoms with Gasteiger partial charge in [0.25, 0.3) is 0 Å². The number of nitrogens with one attached hydrogen (secondary N) is 1. The van der Waals surface area contributed by atoms with Gasteiger partial charge in [-0.05, 0) is 40.5 Å². The number of hydrogen-bond acceptors (Lipinski definition) is 4. The number of carboxylic acids is 1. The van der Waals surface area contributed by atoms with E-state index in [0.29, 0.717) is 5.56 Å². The predicted octanol–water partition coefficient (Wildman–Crippen LogP) is 1.82. The van der Waals surface area contributed by atoms with E-state index >= 15 is 0 Å². The Bertz CT molecular complexity index is 1000. The van der Waals surface area contributed by atoms with Crippen molar-refractivity contribution in [3.8, 4) is 0 Å². The summed E-state index contributed by atoms with van der Waals surface area (Å²) in [6.07, 6.45) is 0.194. The average Bonchev–Trinajstić information content (AvgIpc) is 2.68. The van der Waals surface area contributed by atoms with Gasteiger partial charge in [-0.25, -0.2) is 4.79 Å². The minimum Gasteiger partial charge on any atom is -0.478 e. The van der Waals surface area contributed by atoms with Gasteiger partial charge in [0.15, 0.2) is 0 Å². The summed E-state index contributed by atoms with van der Waals surface area (Å²) in [6, 6.07) is 19.6. The van der Waals surface area contributed by atoms with Gasteiger partial charge in [-0.3, -0.25) is 4.79 Å². The minimum atomic E-state index is -1.77. The van der Waals surface area contributed by atoms with Gasteiger partial charge in [0.2, 0.25) is 5.91 Å². The number of rotatable bonds is 7. The molecular weight excluding hydrogens is 357 g/mol. The van der Waals surface area contributed by atoms with Crippen LogP contribution in [0, 0.1) is 0 Å². The van der Waals surface area contributed by atoms with Gasteiger partial charge in [0.1, 0.15) is 0 Å². The molecule has 0 aliphatic rings. The van der Waals surface area contributed by atoms with Gasteiger partial charge in [0.05, 0.1) is 17.9 Å². The van der Waals surface area contributed by atoms with Crippen molar-refractivity contribution in [1.29, 1.82) is 0 Å². The molecule has 4 N–H and O–H groups in total. The lowest BCUT2D eigenvalue weighted by atomic mass is 9.75. The van der Waals surface area contributed by atoms with Crippen LogP contribution in [0.5, 0.6) is 0 Å². The van der Waals surface area contributed by atoms with Crippen molar-refractivity contribution in [2.75, 3.05) is 0 Å². The Kier molecular flexibility index (Phi) is 6.08. The zero-order valence-electron chi connectivity index (χ0n) is 15.1. The largest absolute Gasteiger partial charge is 0.478 e. The second-order valence-corrected chi connectivity index (χ2v) is 6.61. The Morgan fingerprint density at radius 1 is 0.964 bits per heavy atom. The highest BCUT2D eigenvalue weighted by molar-refractivity contribution is 6.43. The fourth-order valence-electron chi connectivity index (χ4n) is 3.19. The maximum Gasteiger partial charge on any atom is 0.475 e. The summed E-state index contributed by atoms with van der Waals surface area (Å²) < 4.78 is 0. The molecule has 0 aliphatic heterocycles. The van der Waals surface area contributed by atoms with Crippen molar-refractivity contribution >= 4 is 29.8 Å². The van der Waals surface area contributed by atoms with E-state index in [1.54, 1.807) is 12.1 Å². The molecule has 1 atom stereocenters. The number of amides is 1. The molecule has 0 saturated carbocycles. The quantitative estimate of drug-likeness (QED) is 0.470. The Morgan fingerprint density at radius 3 is 2.43 bits per heavy atom. The normalized spacial score (nSPS) is 11.8. The van der Waals surface area contributed by atoms with Crippen molar-refractivity contribution in [2.24, 2.45) is 0 Å². The van der Waals surface area contributed by atoms with Gasteiger partial charge in [-0.2, -0.15) is 0 Å². The molecule has 0 saturated heterocycles. The predicted molar refractivity (Wildman–Crippen MR) is 107 cm³/mol. The fraction of sp³-hybridized carbons (Fsp3) is 0.143. The van der Waals surface area contributed by atoms with Crippen LogP contribution in [0.3, 0.4) is 0 Å². The van der Waals surface area contributed by atoms with E-state index in [4.69, 9.17) is 5.11 Å². The molecule has 1 amide bonds. The third-order valence-electron chi connectivity index (χ3n) is 4.57. The van der Waals surface area contributed by atoms with Crippen LogP contribution >= 0.6 is 0 Å². The summed E-state index contributed by atoms with van der Waals surface area (Å²) >= 11 is 0. The molecule has 0 heterocycles. The summed E-state index contributed by atoms with van der Waals surface area (Å²) in [5, 5.41) is 33.0. The topological polar surface area (TPSA) is 107 Å². The molecule has 0 aliphatic carbocycles. The van der Waals surface area contributed by atoms with Crippen molar-refractivity contribution in [3.05, 3.63) is 83.4 Å². The van der Waals surface area contributed by atoms with E-state index in [9.17, 15) is 19.6 Å². The highest BCUT2D eigenvalue weighted by atomic mass is 16.4. The Labute approximate surface area is 162 Å². The molecule has 0 bridgehead atoms. The second kappa shape index (κ2) is 8.69. The van der Waals surface area contributed by atoms with E-state index in [2.05, 4.69) is 5.32 Å². The first-order chi connectivity index (χ1) is 13.4. The van der Waals surface area contributed by atoms with Gasteiger partial charge in [0, 0.05) is 0 Å². The lowest BCUT2D eigenvalue weighted by Crippen LogP contribution is -2.48. The van der Waals surface area contributed by atoms with Gasteiger partial charge in [-0.1, -0.05) is 54.6 Å². The van der Waals surface area contributed by atoms with Crippen LogP contribution in [-0.2, 0) is 17.6 Å². The van der Waals surface area contributed by atoms with Crippen LogP contribution in [-0.4, -0.2) is 40.1 Å². The number of hydrogen-bond donors (Lipinski definition) is 4. The third kappa shape index (κ3) is 4.76. The fourth-order valence-corrected chi connectivity index (χ4v) is 3.19. The highest BCUT2D eigenvalue weighted by Gasteiger charge is 2.26. The number of fused-ring (bicyclic) bond motifs is 1. The highest BCUT2D eigenvalue weighted by Crippen LogP contribution is 2.19. The lowest BCUT2D eigenvalue weighted by molar-refractivity contribution is -0.120. The van der Waals surface area contributed by atoms with Crippen LogP contribution < -0.4 is 5.32 Å². The first-order valence-corrected chi connectivity index (χ1v) is 8.88. The van der Waals surface area contributed by atoms with E-state index < -0.39 is 19.0 Å². The molecule has 28 heavy (non-hydrogen) atoms. The standard InChI is InChI=1S/C21H20BNO5/c24-20(13-16-8-4-7-15-6-1-2-10-18(15)16)23-19(22(27)28)12-14-5-3-9-17(11-14)21(25)26/h1-11,19,27-28H,12-13H2,(H,23,24)(H,25,26). The Balaban J connectivity index is 1.72. The third-order valence-corrected chi connectivity index (χ3v) is 4.57. The Morgan fingerprint density at radius 2 is 1.68 bits per heavy atom. The van der Waals surface area contributed by atoms with Crippen molar-refractivity contribution in [1.82, 2.24) is 5.32 Å². The monoisotopic (exact) mass is 377 g/mol. The molecule has 0 radical (unpaired) electrons. The average molecular weight is 377 g/mol. The minimum absolute atomic E-state index is 0.0970. The lowest BCUT2D eigenvalue weighted by Gasteiger charge is -2.18. The molecule has 7 heteroatoms. The second-order valence-electron chi connectivity index (χ2n) is 6.61. The van der Waals surface area contributed by atoms with E-state index in [1.165, 1.54) is 12.1 Å². The summed E-state index contributed by atoms with van der Waals surface area (Å²) in [5.74, 6) is -2.36. The molecule has 0 spiro atoms. The van der Waals surface area contributed by atoms with E-state index in [0.717, 1.165) is 16.3 Å². The molecular formula is C21H20BNO5. The molecule has 3 aromatic rings. The van der Waals surface area contributed by atoms with Crippen molar-refractivity contribution in [2.45, 2.75) is 18.8 Å². The summed E-state index contributed by atoms with van der Waals surface area (Å²) in [5.41, 5.74) is 1.53. The number of carboxylic acid groups (broad SMARTS) is 1. The smallest absolute Gasteiger partial charge is 0.475 e. The molecule has 1 unspecified atom stereocenters. The maximum atomic E-state index is 12.5. The van der Waals surface area contributed by atoms with Crippen LogP contribution in [0.25, 0.3) is 10.8 Å². The zero-order valence-corrected chi connectivity index (χ0v) is 15.1. The number of carbonyl (C=O) groups is 2. The first-order valence-electron chi connectivity index (χ1n) is 8.88. The Hall–Kier alpha value is -3.16. The van der Waals surface area contributed by atoms with Gasteiger partial charge in [-0.15, -0.1) is 0 Å².